The van der Waals surface area contributed by atoms with Gasteiger partial charge < -0.3 is 19.9 Å². The van der Waals surface area contributed by atoms with E-state index in [1.54, 1.807) is 6.20 Å². The van der Waals surface area contributed by atoms with Gasteiger partial charge in [0, 0.05) is 44.8 Å². The zero-order chi connectivity index (χ0) is 19.2. The highest BCUT2D eigenvalue weighted by Gasteiger charge is 2.26. The number of ether oxygens (including phenoxy) is 1. The number of nitrogens with one attached hydrogen (secondary N) is 1. The van der Waals surface area contributed by atoms with Crippen LogP contribution in [-0.2, 0) is 16.0 Å². The number of aromatic nitrogens is 2. The summed E-state index contributed by atoms with van der Waals surface area (Å²) in [4.78, 5) is 25.7. The van der Waals surface area contributed by atoms with Gasteiger partial charge in [-0.15, -0.1) is 0 Å². The van der Waals surface area contributed by atoms with Gasteiger partial charge in [0.1, 0.15) is 5.82 Å². The molecule has 0 aliphatic carbocycles. The molecule has 148 valence electrons. The zero-order valence-corrected chi connectivity index (χ0v) is 16.1. The molecule has 0 bridgehead atoms. The van der Waals surface area contributed by atoms with Gasteiger partial charge in [-0.3, -0.25) is 4.79 Å². The number of aryl methyl sites for hydroxylation is 1. The molecule has 0 spiro atoms. The first kappa shape index (κ1) is 18.7. The molecule has 2 aliphatic rings. The first-order valence-electron chi connectivity index (χ1n) is 10.0. The van der Waals surface area contributed by atoms with E-state index in [4.69, 9.17) is 4.74 Å². The molecular weight excluding hydrogens is 354 g/mol. The van der Waals surface area contributed by atoms with Crippen molar-refractivity contribution < 1.29 is 9.53 Å². The average molecular weight is 381 g/mol. The molecule has 1 aromatic carbocycles. The van der Waals surface area contributed by atoms with Crippen molar-refractivity contribution in [2.75, 3.05) is 49.6 Å². The van der Waals surface area contributed by atoms with E-state index < -0.39 is 0 Å². The number of anilines is 2. The number of carbonyl (C=O) groups is 1. The second-order valence-corrected chi connectivity index (χ2v) is 7.30. The SMILES string of the molecule is O=C(CCc1ccccc1)N1CCC(Nc2ccnc(N3CCOCC3)n2)C1. The van der Waals surface area contributed by atoms with Crippen LogP contribution in [0.15, 0.2) is 42.6 Å². The third-order valence-electron chi connectivity index (χ3n) is 5.30. The van der Waals surface area contributed by atoms with E-state index in [0.29, 0.717) is 19.6 Å². The lowest BCUT2D eigenvalue weighted by atomic mass is 10.1. The zero-order valence-electron chi connectivity index (χ0n) is 16.1. The van der Waals surface area contributed by atoms with Gasteiger partial charge >= 0.3 is 0 Å². The van der Waals surface area contributed by atoms with E-state index >= 15 is 0 Å². The van der Waals surface area contributed by atoms with E-state index in [-0.39, 0.29) is 11.9 Å². The van der Waals surface area contributed by atoms with Gasteiger partial charge in [-0.25, -0.2) is 4.98 Å². The third kappa shape index (κ3) is 4.78. The van der Waals surface area contributed by atoms with Gasteiger partial charge in [0.25, 0.3) is 0 Å². The Kier molecular flexibility index (Phi) is 6.01. The van der Waals surface area contributed by atoms with Gasteiger partial charge in [0.15, 0.2) is 0 Å². The minimum atomic E-state index is 0.227. The molecule has 1 amide bonds. The number of hydrogen-bond donors (Lipinski definition) is 1. The first-order chi connectivity index (χ1) is 13.8. The quantitative estimate of drug-likeness (QED) is 0.825. The standard InChI is InChI=1S/C21H27N5O2/c27-20(7-6-17-4-2-1-3-5-17)26-11-9-18(16-26)23-19-8-10-22-21(24-19)25-12-14-28-15-13-25/h1-5,8,10,18H,6-7,9,11-16H2,(H,22,23,24). The molecule has 4 rings (SSSR count). The molecule has 2 fully saturated rings. The lowest BCUT2D eigenvalue weighted by Gasteiger charge is -2.27. The highest BCUT2D eigenvalue weighted by Crippen LogP contribution is 2.18. The number of benzene rings is 1. The van der Waals surface area contributed by atoms with Crippen LogP contribution in [0.25, 0.3) is 0 Å². The van der Waals surface area contributed by atoms with Crippen LogP contribution in [0.3, 0.4) is 0 Å². The lowest BCUT2D eigenvalue weighted by Crippen LogP contribution is -2.37. The topological polar surface area (TPSA) is 70.6 Å². The van der Waals surface area contributed by atoms with E-state index in [0.717, 1.165) is 50.8 Å². The predicted octanol–water partition coefficient (Wildman–Crippen LogP) is 1.96. The molecule has 0 saturated carbocycles. The summed E-state index contributed by atoms with van der Waals surface area (Å²) >= 11 is 0. The Morgan fingerprint density at radius 2 is 1.96 bits per heavy atom. The van der Waals surface area contributed by atoms with Crippen LogP contribution in [0.1, 0.15) is 18.4 Å². The number of amides is 1. The van der Waals surface area contributed by atoms with E-state index in [1.165, 1.54) is 5.56 Å². The minimum absolute atomic E-state index is 0.227. The Morgan fingerprint density at radius 1 is 1.14 bits per heavy atom. The molecule has 28 heavy (non-hydrogen) atoms. The minimum Gasteiger partial charge on any atom is -0.378 e. The molecule has 1 N–H and O–H groups in total. The van der Waals surface area contributed by atoms with Crippen molar-refractivity contribution in [2.45, 2.75) is 25.3 Å². The van der Waals surface area contributed by atoms with Crippen molar-refractivity contribution in [3.63, 3.8) is 0 Å². The summed E-state index contributed by atoms with van der Waals surface area (Å²) in [5.74, 6) is 1.78. The Hall–Kier alpha value is -2.67. The number of morpholine rings is 1. The van der Waals surface area contributed by atoms with Crippen LogP contribution in [0.4, 0.5) is 11.8 Å². The van der Waals surface area contributed by atoms with E-state index in [1.807, 2.05) is 29.2 Å². The number of hydrogen-bond acceptors (Lipinski definition) is 6. The van der Waals surface area contributed by atoms with Crippen molar-refractivity contribution in [1.82, 2.24) is 14.9 Å². The van der Waals surface area contributed by atoms with Gasteiger partial charge in [-0.2, -0.15) is 4.98 Å². The summed E-state index contributed by atoms with van der Waals surface area (Å²) in [6, 6.07) is 12.3. The fourth-order valence-electron chi connectivity index (χ4n) is 3.71. The highest BCUT2D eigenvalue weighted by atomic mass is 16.5. The molecule has 0 radical (unpaired) electrons. The molecule has 7 nitrogen and oxygen atoms in total. The van der Waals surface area contributed by atoms with Crippen LogP contribution < -0.4 is 10.2 Å². The number of nitrogens with zero attached hydrogens (tertiary/aromatic N) is 4. The van der Waals surface area contributed by atoms with Gasteiger partial charge in [-0.05, 0) is 24.5 Å². The van der Waals surface area contributed by atoms with Crippen molar-refractivity contribution in [3.8, 4) is 0 Å². The summed E-state index contributed by atoms with van der Waals surface area (Å²) in [5, 5.41) is 3.48. The fourth-order valence-corrected chi connectivity index (χ4v) is 3.71. The molecule has 2 saturated heterocycles. The highest BCUT2D eigenvalue weighted by molar-refractivity contribution is 5.77. The maximum Gasteiger partial charge on any atom is 0.227 e. The second kappa shape index (κ2) is 9.01. The Morgan fingerprint density at radius 3 is 2.79 bits per heavy atom. The predicted molar refractivity (Wildman–Crippen MR) is 108 cm³/mol. The largest absolute Gasteiger partial charge is 0.378 e. The van der Waals surface area contributed by atoms with E-state index in [2.05, 4.69) is 32.3 Å². The van der Waals surface area contributed by atoms with Crippen molar-refractivity contribution >= 4 is 17.7 Å². The fraction of sp³-hybridized carbons (Fsp3) is 0.476. The molecular formula is C21H27N5O2. The maximum atomic E-state index is 12.5. The lowest BCUT2D eigenvalue weighted by molar-refractivity contribution is -0.130. The summed E-state index contributed by atoms with van der Waals surface area (Å²) in [6.07, 6.45) is 4.08. The van der Waals surface area contributed by atoms with Crippen LogP contribution in [0.5, 0.6) is 0 Å². The Labute approximate surface area is 165 Å². The van der Waals surface area contributed by atoms with Crippen molar-refractivity contribution in [1.29, 1.82) is 0 Å². The summed E-state index contributed by atoms with van der Waals surface area (Å²) in [6.45, 7) is 4.58. The summed E-state index contributed by atoms with van der Waals surface area (Å²) in [7, 11) is 0. The molecule has 1 unspecified atom stereocenters. The third-order valence-corrected chi connectivity index (χ3v) is 5.30. The molecule has 2 aliphatic heterocycles. The number of rotatable bonds is 6. The van der Waals surface area contributed by atoms with Crippen LogP contribution >= 0.6 is 0 Å². The molecule has 7 heteroatoms. The Bertz CT molecular complexity index is 779. The molecule has 1 atom stereocenters. The van der Waals surface area contributed by atoms with Gasteiger partial charge in [0.05, 0.1) is 13.2 Å². The van der Waals surface area contributed by atoms with Crippen molar-refractivity contribution in [3.05, 3.63) is 48.2 Å². The second-order valence-electron chi connectivity index (χ2n) is 7.30. The number of likely N-dealkylation sites (tertiary alicyclic amines) is 1. The summed E-state index contributed by atoms with van der Waals surface area (Å²) in [5.41, 5.74) is 1.21. The number of carbonyl (C=O) groups excluding carboxylic acids is 1. The monoisotopic (exact) mass is 381 g/mol. The van der Waals surface area contributed by atoms with Gasteiger partial charge in [-0.1, -0.05) is 30.3 Å². The Balaban J connectivity index is 1.28. The smallest absolute Gasteiger partial charge is 0.227 e. The average Bonchev–Trinajstić information content (AvgIpc) is 3.22. The molecule has 1 aromatic heterocycles. The van der Waals surface area contributed by atoms with E-state index in [9.17, 15) is 4.79 Å². The van der Waals surface area contributed by atoms with Crippen LogP contribution in [0.2, 0.25) is 0 Å². The van der Waals surface area contributed by atoms with Gasteiger partial charge in [0.2, 0.25) is 11.9 Å². The van der Waals surface area contributed by atoms with Crippen LogP contribution in [0, 0.1) is 0 Å². The molecule has 3 heterocycles. The molecule has 2 aromatic rings. The first-order valence-corrected chi connectivity index (χ1v) is 10.0. The van der Waals surface area contributed by atoms with Crippen molar-refractivity contribution in [2.24, 2.45) is 0 Å². The maximum absolute atomic E-state index is 12.5. The summed E-state index contributed by atoms with van der Waals surface area (Å²) < 4.78 is 5.39. The van der Waals surface area contributed by atoms with Crippen LogP contribution in [-0.4, -0.2) is 66.2 Å². The normalized spacial score (nSPS) is 19.6.